The summed E-state index contributed by atoms with van der Waals surface area (Å²) in [6.45, 7) is 9.34. The topological polar surface area (TPSA) is 124 Å². The van der Waals surface area contributed by atoms with Crippen molar-refractivity contribution >= 4 is 41.9 Å². The van der Waals surface area contributed by atoms with Gasteiger partial charge in [0, 0.05) is 0 Å². The van der Waals surface area contributed by atoms with Crippen LogP contribution < -0.4 is 0 Å². The number of hydrogen-bond acceptors (Lipinski definition) is 7. The SMILES string of the molecule is CC(C)C[CH2][Sn+2][CH2]CC(C)C.O=S(=O)([O-])OS(=O)(=O)[O-]. The first kappa shape index (κ1) is 22.9. The van der Waals surface area contributed by atoms with E-state index in [-0.39, 0.29) is 21.1 Å². The van der Waals surface area contributed by atoms with Gasteiger partial charge in [-0.05, 0) is 0 Å². The Morgan fingerprint density at radius 3 is 1.30 bits per heavy atom. The molecule has 0 N–H and O–H groups in total. The fourth-order valence-corrected chi connectivity index (χ4v) is 7.00. The van der Waals surface area contributed by atoms with Gasteiger partial charge >= 0.3 is 82.4 Å². The van der Waals surface area contributed by atoms with Crippen LogP contribution in [0.15, 0.2) is 0 Å². The van der Waals surface area contributed by atoms with Crippen LogP contribution in [0, 0.1) is 11.8 Å². The molecule has 0 saturated heterocycles. The number of hydrogen-bond donors (Lipinski definition) is 0. The van der Waals surface area contributed by atoms with Crippen LogP contribution in [0.4, 0.5) is 0 Å². The molecule has 20 heavy (non-hydrogen) atoms. The van der Waals surface area contributed by atoms with Crippen LogP contribution in [0.1, 0.15) is 40.5 Å². The molecule has 0 radical (unpaired) electrons. The second-order valence-corrected chi connectivity index (χ2v) is 11.5. The minimum atomic E-state index is -5.43. The van der Waals surface area contributed by atoms with Gasteiger partial charge in [-0.3, -0.25) is 0 Å². The van der Waals surface area contributed by atoms with E-state index in [1.165, 1.54) is 12.8 Å². The van der Waals surface area contributed by atoms with Crippen LogP contribution in [0.2, 0.25) is 8.87 Å². The van der Waals surface area contributed by atoms with Gasteiger partial charge in [-0.2, -0.15) is 3.63 Å². The first-order valence-corrected chi connectivity index (χ1v) is 12.9. The van der Waals surface area contributed by atoms with Gasteiger partial charge in [-0.15, -0.1) is 0 Å². The molecule has 0 rings (SSSR count). The van der Waals surface area contributed by atoms with E-state index in [0.29, 0.717) is 0 Å². The van der Waals surface area contributed by atoms with E-state index in [1.807, 2.05) is 0 Å². The molecule has 120 valence electrons. The molecule has 0 aliphatic heterocycles. The third-order valence-corrected chi connectivity index (χ3v) is 6.96. The molecule has 0 spiro atoms. The Morgan fingerprint density at radius 1 is 0.850 bits per heavy atom. The summed E-state index contributed by atoms with van der Waals surface area (Å²) in [5, 5.41) is 0. The molecule has 0 fully saturated rings. The summed E-state index contributed by atoms with van der Waals surface area (Å²) in [4.78, 5) is 0. The van der Waals surface area contributed by atoms with E-state index in [4.69, 9.17) is 0 Å². The third-order valence-electron chi connectivity index (χ3n) is 1.96. The third kappa shape index (κ3) is 27.0. The predicted octanol–water partition coefficient (Wildman–Crippen LogP) is 1.54. The first-order chi connectivity index (χ1) is 8.83. The Bertz CT molecular complexity index is 389. The summed E-state index contributed by atoms with van der Waals surface area (Å²) in [5.74, 6) is 1.88. The van der Waals surface area contributed by atoms with Crippen LogP contribution in [-0.4, -0.2) is 47.1 Å². The van der Waals surface area contributed by atoms with E-state index < -0.39 is 20.8 Å². The predicted molar refractivity (Wildman–Crippen MR) is 74.8 cm³/mol. The Balaban J connectivity index is 0. The first-order valence-electron chi connectivity index (χ1n) is 6.17. The van der Waals surface area contributed by atoms with Gasteiger partial charge in [0.05, 0.1) is 0 Å². The molecule has 10 heteroatoms. The van der Waals surface area contributed by atoms with E-state index in [0.717, 1.165) is 11.8 Å². The van der Waals surface area contributed by atoms with Gasteiger partial charge in [0.2, 0.25) is 20.8 Å². The maximum absolute atomic E-state index is 9.29. The van der Waals surface area contributed by atoms with Crippen molar-refractivity contribution < 1.29 is 29.6 Å². The standard InChI is InChI=1S/2C5H11.H2O7S2.Sn/c2*1-4-5(2)3;1-8(2,3)7-9(4,5)6;/h2*5H,1,4H2,2-3H3;(H,1,2,3)(H,4,5,6);/q;;;+2/p-2. The summed E-state index contributed by atoms with van der Waals surface area (Å²) in [7, 11) is -10.9. The summed E-state index contributed by atoms with van der Waals surface area (Å²) >= 11 is 0.0759. The molecule has 0 amide bonds. The second kappa shape index (κ2) is 11.2. The molecule has 0 aromatic rings. The van der Waals surface area contributed by atoms with Gasteiger partial charge in [0.25, 0.3) is 0 Å². The van der Waals surface area contributed by atoms with Crippen molar-refractivity contribution in [3.8, 4) is 0 Å². The second-order valence-electron chi connectivity index (χ2n) is 5.00. The van der Waals surface area contributed by atoms with Crippen molar-refractivity contribution in [3.63, 3.8) is 0 Å². The zero-order valence-electron chi connectivity index (χ0n) is 12.2. The van der Waals surface area contributed by atoms with E-state index >= 15 is 0 Å². The van der Waals surface area contributed by atoms with Crippen LogP contribution in [0.25, 0.3) is 0 Å². The van der Waals surface area contributed by atoms with Gasteiger partial charge in [-0.1, -0.05) is 0 Å². The molecule has 0 unspecified atom stereocenters. The van der Waals surface area contributed by atoms with Crippen LogP contribution in [-0.2, 0) is 24.4 Å². The summed E-state index contributed by atoms with van der Waals surface area (Å²) < 4.78 is 61.4. The van der Waals surface area contributed by atoms with Crippen molar-refractivity contribution in [2.45, 2.75) is 49.4 Å². The molecule has 0 bridgehead atoms. The molecular weight excluding hydrogens is 415 g/mol. The maximum atomic E-state index is 9.29. The van der Waals surface area contributed by atoms with Gasteiger partial charge in [0.1, 0.15) is 0 Å². The van der Waals surface area contributed by atoms with Crippen molar-refractivity contribution in [3.05, 3.63) is 0 Å². The molecule has 0 aromatic heterocycles. The molecule has 0 atom stereocenters. The Kier molecular flexibility index (Phi) is 12.8. The van der Waals surface area contributed by atoms with Crippen molar-refractivity contribution in [2.75, 3.05) is 0 Å². The Hall–Kier alpha value is 0.579. The normalized spacial score (nSPS) is 12.0. The molecule has 0 saturated carbocycles. The Morgan fingerprint density at radius 2 is 1.15 bits per heavy atom. The largest absolute Gasteiger partial charge is 0.725 e. The molecule has 0 aromatic carbocycles. The smallest absolute Gasteiger partial charge is 0.231 e. The fourth-order valence-electron chi connectivity index (χ4n) is 1.01. The molecule has 0 aliphatic carbocycles. The quantitative estimate of drug-likeness (QED) is 0.244. The summed E-state index contributed by atoms with van der Waals surface area (Å²) in [6, 6.07) is 0. The van der Waals surface area contributed by atoms with E-state index in [1.54, 1.807) is 8.87 Å². The Labute approximate surface area is 132 Å². The van der Waals surface area contributed by atoms with Crippen molar-refractivity contribution in [1.29, 1.82) is 0 Å². The van der Waals surface area contributed by atoms with Crippen LogP contribution >= 0.6 is 0 Å². The summed E-state index contributed by atoms with van der Waals surface area (Å²) in [6.07, 6.45) is 2.98. The fraction of sp³-hybridized carbons (Fsp3) is 1.00. The monoisotopic (exact) mass is 438 g/mol. The van der Waals surface area contributed by atoms with Gasteiger partial charge in [0.15, 0.2) is 0 Å². The zero-order valence-corrected chi connectivity index (χ0v) is 16.6. The van der Waals surface area contributed by atoms with Crippen molar-refractivity contribution in [2.24, 2.45) is 11.8 Å². The van der Waals surface area contributed by atoms with Crippen LogP contribution in [0.5, 0.6) is 0 Å². The van der Waals surface area contributed by atoms with Crippen molar-refractivity contribution in [1.82, 2.24) is 0 Å². The van der Waals surface area contributed by atoms with E-state index in [9.17, 15) is 25.9 Å². The maximum Gasteiger partial charge on any atom is 0.231 e. The van der Waals surface area contributed by atoms with Gasteiger partial charge < -0.3 is 9.11 Å². The average molecular weight is 437 g/mol. The molecular formula is C10H22O7S2Sn. The summed E-state index contributed by atoms with van der Waals surface area (Å²) in [5.41, 5.74) is 0. The zero-order chi connectivity index (χ0) is 16.4. The minimum Gasteiger partial charge on any atom is -0.725 e. The molecule has 0 heterocycles. The van der Waals surface area contributed by atoms with Gasteiger partial charge in [-0.25, -0.2) is 16.8 Å². The average Bonchev–Trinajstić information content (AvgIpc) is 2.10. The molecule has 7 nitrogen and oxygen atoms in total. The molecule has 0 aliphatic rings. The van der Waals surface area contributed by atoms with Crippen LogP contribution in [0.3, 0.4) is 0 Å². The van der Waals surface area contributed by atoms with E-state index in [2.05, 4.69) is 31.3 Å². The number of rotatable bonds is 8. The minimum absolute atomic E-state index is 0.0759.